The average Bonchev–Trinajstić information content (AvgIpc) is 2.31. The SMILES string of the molecule is COCCn1ncc(C)c1F. The first kappa shape index (κ1) is 8.20. The molecule has 0 aliphatic carbocycles. The lowest BCUT2D eigenvalue weighted by Crippen LogP contribution is -2.08. The Kier molecular flexibility index (Phi) is 2.59. The van der Waals surface area contributed by atoms with Crippen molar-refractivity contribution in [2.75, 3.05) is 13.7 Å². The molecule has 0 N–H and O–H groups in total. The van der Waals surface area contributed by atoms with Gasteiger partial charge in [0.25, 0.3) is 0 Å². The van der Waals surface area contributed by atoms with Gasteiger partial charge in [-0.15, -0.1) is 0 Å². The Morgan fingerprint density at radius 3 is 2.91 bits per heavy atom. The van der Waals surface area contributed by atoms with Crippen molar-refractivity contribution in [1.82, 2.24) is 9.78 Å². The lowest BCUT2D eigenvalue weighted by atomic mass is 10.4. The minimum Gasteiger partial charge on any atom is -0.383 e. The Morgan fingerprint density at radius 2 is 2.45 bits per heavy atom. The summed E-state index contributed by atoms with van der Waals surface area (Å²) >= 11 is 0. The van der Waals surface area contributed by atoms with Crippen LogP contribution in [0.3, 0.4) is 0 Å². The maximum Gasteiger partial charge on any atom is 0.214 e. The van der Waals surface area contributed by atoms with Crippen molar-refractivity contribution >= 4 is 0 Å². The first-order chi connectivity index (χ1) is 5.25. The molecule has 3 nitrogen and oxygen atoms in total. The highest BCUT2D eigenvalue weighted by molar-refractivity contribution is 5.02. The Labute approximate surface area is 64.8 Å². The minimum absolute atomic E-state index is 0.276. The second-order valence-corrected chi connectivity index (χ2v) is 2.33. The maximum absolute atomic E-state index is 12.9. The molecule has 1 rings (SSSR count). The Balaban J connectivity index is 2.63. The molecule has 1 heterocycles. The number of aryl methyl sites for hydroxylation is 1. The van der Waals surface area contributed by atoms with Crippen LogP contribution in [0.4, 0.5) is 4.39 Å². The summed E-state index contributed by atoms with van der Waals surface area (Å²) in [6.45, 7) is 2.64. The number of hydrogen-bond acceptors (Lipinski definition) is 2. The molecule has 62 valence electrons. The first-order valence-electron chi connectivity index (χ1n) is 3.42. The van der Waals surface area contributed by atoms with Crippen molar-refractivity contribution in [1.29, 1.82) is 0 Å². The standard InChI is InChI=1S/C7H11FN2O/c1-6-5-9-10(7(6)8)3-4-11-2/h5H,3-4H2,1-2H3. The normalized spacial score (nSPS) is 10.5. The largest absolute Gasteiger partial charge is 0.383 e. The number of hydrogen-bond donors (Lipinski definition) is 0. The summed E-state index contributed by atoms with van der Waals surface area (Å²) in [7, 11) is 1.58. The maximum atomic E-state index is 12.9. The topological polar surface area (TPSA) is 27.1 Å². The number of rotatable bonds is 3. The van der Waals surface area contributed by atoms with E-state index in [1.54, 1.807) is 14.0 Å². The Bertz CT molecular complexity index is 234. The van der Waals surface area contributed by atoms with Gasteiger partial charge < -0.3 is 4.74 Å². The van der Waals surface area contributed by atoms with Crippen LogP contribution in [-0.2, 0) is 11.3 Å². The molecule has 0 saturated carbocycles. The van der Waals surface area contributed by atoms with Gasteiger partial charge in [-0.1, -0.05) is 0 Å². The zero-order valence-corrected chi connectivity index (χ0v) is 6.67. The van der Waals surface area contributed by atoms with Crippen LogP contribution in [0.2, 0.25) is 0 Å². The van der Waals surface area contributed by atoms with Crippen molar-refractivity contribution in [2.45, 2.75) is 13.5 Å². The van der Waals surface area contributed by atoms with Crippen LogP contribution in [0.5, 0.6) is 0 Å². The molecule has 0 spiro atoms. The van der Waals surface area contributed by atoms with Crippen LogP contribution in [0.15, 0.2) is 6.20 Å². The van der Waals surface area contributed by atoms with Gasteiger partial charge in [0.05, 0.1) is 19.3 Å². The molecule has 0 radical (unpaired) electrons. The van der Waals surface area contributed by atoms with Crippen molar-refractivity contribution in [3.05, 3.63) is 17.7 Å². The second-order valence-electron chi connectivity index (χ2n) is 2.33. The fourth-order valence-corrected chi connectivity index (χ4v) is 0.797. The van der Waals surface area contributed by atoms with Crippen molar-refractivity contribution in [3.8, 4) is 0 Å². The van der Waals surface area contributed by atoms with Crippen LogP contribution < -0.4 is 0 Å². The molecule has 0 bridgehead atoms. The van der Waals surface area contributed by atoms with E-state index in [1.807, 2.05) is 0 Å². The molecule has 1 aromatic heterocycles. The van der Waals surface area contributed by atoms with Crippen LogP contribution >= 0.6 is 0 Å². The quantitative estimate of drug-likeness (QED) is 0.655. The molecular weight excluding hydrogens is 147 g/mol. The molecule has 0 aromatic carbocycles. The molecule has 0 aliphatic heterocycles. The third-order valence-electron chi connectivity index (χ3n) is 1.45. The summed E-state index contributed by atoms with van der Waals surface area (Å²) in [6.07, 6.45) is 1.50. The van der Waals surface area contributed by atoms with Gasteiger partial charge in [-0.05, 0) is 6.92 Å². The molecule has 11 heavy (non-hydrogen) atoms. The van der Waals surface area contributed by atoms with Gasteiger partial charge in [0.1, 0.15) is 0 Å². The van der Waals surface area contributed by atoms with Gasteiger partial charge in [-0.2, -0.15) is 9.49 Å². The smallest absolute Gasteiger partial charge is 0.214 e. The molecule has 0 fully saturated rings. The molecule has 4 heteroatoms. The molecular formula is C7H11FN2O. The van der Waals surface area contributed by atoms with Gasteiger partial charge >= 0.3 is 0 Å². The zero-order chi connectivity index (χ0) is 8.27. The molecule has 1 aromatic rings. The lowest BCUT2D eigenvalue weighted by molar-refractivity contribution is 0.178. The van der Waals surface area contributed by atoms with E-state index in [0.717, 1.165) is 0 Å². The van der Waals surface area contributed by atoms with Gasteiger partial charge in [-0.3, -0.25) is 0 Å². The Morgan fingerprint density at radius 1 is 1.73 bits per heavy atom. The summed E-state index contributed by atoms with van der Waals surface area (Å²) in [6, 6.07) is 0. The number of ether oxygens (including phenoxy) is 1. The number of nitrogens with zero attached hydrogens (tertiary/aromatic N) is 2. The van der Waals surface area contributed by atoms with Gasteiger partial charge in [0, 0.05) is 12.7 Å². The lowest BCUT2D eigenvalue weighted by Gasteiger charge is -1.99. The fraction of sp³-hybridized carbons (Fsp3) is 0.571. The highest BCUT2D eigenvalue weighted by Crippen LogP contribution is 2.03. The van der Waals surface area contributed by atoms with Crippen molar-refractivity contribution < 1.29 is 9.13 Å². The predicted molar refractivity (Wildman–Crippen MR) is 38.8 cm³/mol. The van der Waals surface area contributed by atoms with Crippen LogP contribution in [0, 0.1) is 12.9 Å². The van der Waals surface area contributed by atoms with Crippen LogP contribution in [-0.4, -0.2) is 23.5 Å². The summed E-state index contributed by atoms with van der Waals surface area (Å²) in [5.41, 5.74) is 0.570. The summed E-state index contributed by atoms with van der Waals surface area (Å²) in [5.74, 6) is -0.276. The second kappa shape index (κ2) is 3.48. The van der Waals surface area contributed by atoms with E-state index in [-0.39, 0.29) is 5.95 Å². The van der Waals surface area contributed by atoms with E-state index >= 15 is 0 Å². The molecule has 0 aliphatic rings. The number of halogens is 1. The summed E-state index contributed by atoms with van der Waals surface area (Å²) in [4.78, 5) is 0. The molecule has 0 saturated heterocycles. The average molecular weight is 158 g/mol. The van der Waals surface area contributed by atoms with Gasteiger partial charge in [0.2, 0.25) is 5.95 Å². The minimum atomic E-state index is -0.276. The van der Waals surface area contributed by atoms with E-state index in [9.17, 15) is 4.39 Å². The molecule has 0 atom stereocenters. The van der Waals surface area contributed by atoms with Gasteiger partial charge in [-0.25, -0.2) is 4.68 Å². The van der Waals surface area contributed by atoms with Crippen LogP contribution in [0.25, 0.3) is 0 Å². The third-order valence-corrected chi connectivity index (χ3v) is 1.45. The molecule has 0 amide bonds. The first-order valence-corrected chi connectivity index (χ1v) is 3.42. The van der Waals surface area contributed by atoms with Gasteiger partial charge in [0.15, 0.2) is 0 Å². The zero-order valence-electron chi connectivity index (χ0n) is 6.67. The van der Waals surface area contributed by atoms with Crippen LogP contribution in [0.1, 0.15) is 5.56 Å². The summed E-state index contributed by atoms with van der Waals surface area (Å²) in [5, 5.41) is 3.81. The number of aromatic nitrogens is 2. The number of methoxy groups -OCH3 is 1. The fourth-order valence-electron chi connectivity index (χ4n) is 0.797. The van der Waals surface area contributed by atoms with E-state index in [1.165, 1.54) is 10.9 Å². The van der Waals surface area contributed by atoms with E-state index in [2.05, 4.69) is 5.10 Å². The monoisotopic (exact) mass is 158 g/mol. The summed E-state index contributed by atoms with van der Waals surface area (Å²) < 4.78 is 19.0. The van der Waals surface area contributed by atoms with Crippen molar-refractivity contribution in [2.24, 2.45) is 0 Å². The highest BCUT2D eigenvalue weighted by atomic mass is 19.1. The van der Waals surface area contributed by atoms with E-state index in [0.29, 0.717) is 18.7 Å². The Hall–Kier alpha value is -0.900. The third kappa shape index (κ3) is 1.77. The molecule has 0 unspecified atom stereocenters. The van der Waals surface area contributed by atoms with E-state index < -0.39 is 0 Å². The predicted octanol–water partition coefficient (Wildman–Crippen LogP) is 0.977. The van der Waals surface area contributed by atoms with E-state index in [4.69, 9.17) is 4.74 Å². The van der Waals surface area contributed by atoms with Crippen molar-refractivity contribution in [3.63, 3.8) is 0 Å². The highest BCUT2D eigenvalue weighted by Gasteiger charge is 2.04.